The van der Waals surface area contributed by atoms with E-state index in [1.54, 1.807) is 18.3 Å². The van der Waals surface area contributed by atoms with Gasteiger partial charge in [0, 0.05) is 5.02 Å². The van der Waals surface area contributed by atoms with Gasteiger partial charge in [-0.3, -0.25) is 4.79 Å². The monoisotopic (exact) mass is 315 g/mol. The molecule has 6 heteroatoms. The summed E-state index contributed by atoms with van der Waals surface area (Å²) in [5.74, 6) is -0.318. The third kappa shape index (κ3) is 3.26. The first-order valence-corrected chi connectivity index (χ1v) is 7.36. The van der Waals surface area contributed by atoms with E-state index in [-0.39, 0.29) is 5.91 Å². The van der Waals surface area contributed by atoms with E-state index in [0.717, 1.165) is 15.8 Å². The Morgan fingerprint density at radius 2 is 1.95 bits per heavy atom. The summed E-state index contributed by atoms with van der Waals surface area (Å²) >= 11 is 7.13. The van der Waals surface area contributed by atoms with Crippen molar-refractivity contribution < 1.29 is 4.79 Å². The maximum atomic E-state index is 12.0. The van der Waals surface area contributed by atoms with Crippen molar-refractivity contribution >= 4 is 45.3 Å². The number of fused-ring (bicyclic) bond motifs is 1. The predicted octanol–water partition coefficient (Wildman–Crippen LogP) is 3.71. The van der Waals surface area contributed by atoms with E-state index in [1.807, 2.05) is 36.4 Å². The molecule has 3 aromatic rings. The molecular formula is C15H10ClN3OS. The van der Waals surface area contributed by atoms with Gasteiger partial charge in [-0.05, 0) is 29.8 Å². The minimum atomic E-state index is -0.318. The van der Waals surface area contributed by atoms with Crippen LogP contribution in [0, 0.1) is 0 Å². The summed E-state index contributed by atoms with van der Waals surface area (Å²) in [6.07, 6.45) is 1.56. The number of para-hydroxylation sites is 1. The Kier molecular flexibility index (Phi) is 3.94. The Bertz CT molecular complexity index is 778. The number of aromatic nitrogens is 1. The number of nitrogens with zero attached hydrogens (tertiary/aromatic N) is 2. The van der Waals surface area contributed by atoms with Crippen LogP contribution in [-0.2, 0) is 0 Å². The molecule has 0 unspecified atom stereocenters. The van der Waals surface area contributed by atoms with Gasteiger partial charge in [-0.15, -0.1) is 11.3 Å². The van der Waals surface area contributed by atoms with Gasteiger partial charge in [0.25, 0.3) is 5.91 Å². The van der Waals surface area contributed by atoms with E-state index in [4.69, 9.17) is 11.6 Å². The molecule has 0 bridgehead atoms. The Morgan fingerprint density at radius 3 is 2.71 bits per heavy atom. The molecule has 0 aliphatic heterocycles. The largest absolute Gasteiger partial charge is 0.300 e. The highest BCUT2D eigenvalue weighted by Gasteiger charge is 2.10. The zero-order valence-corrected chi connectivity index (χ0v) is 12.4. The number of thiazole rings is 1. The number of hydrogen-bond donors (Lipinski definition) is 1. The fraction of sp³-hybridized carbons (Fsp3) is 0. The lowest BCUT2D eigenvalue weighted by molar-refractivity contribution is 0.0955. The summed E-state index contributed by atoms with van der Waals surface area (Å²) in [4.78, 5) is 16.2. The number of hydrogen-bond acceptors (Lipinski definition) is 4. The van der Waals surface area contributed by atoms with Gasteiger partial charge in [-0.25, -0.2) is 10.4 Å². The first-order valence-electron chi connectivity index (χ1n) is 6.17. The highest BCUT2D eigenvalue weighted by Crippen LogP contribution is 2.21. The first kappa shape index (κ1) is 13.7. The second-order valence-corrected chi connectivity index (χ2v) is 5.70. The number of hydrazone groups is 1. The van der Waals surface area contributed by atoms with Crippen molar-refractivity contribution in [1.29, 1.82) is 0 Å². The summed E-state index contributed by atoms with van der Waals surface area (Å²) in [5.41, 5.74) is 4.13. The molecule has 21 heavy (non-hydrogen) atoms. The van der Waals surface area contributed by atoms with Gasteiger partial charge in [-0.1, -0.05) is 35.9 Å². The molecule has 2 aromatic carbocycles. The summed E-state index contributed by atoms with van der Waals surface area (Å²) in [5, 5.41) is 4.97. The Labute approximate surface area is 130 Å². The third-order valence-electron chi connectivity index (χ3n) is 2.74. The third-order valence-corrected chi connectivity index (χ3v) is 4.02. The number of carbonyl (C=O) groups excluding carboxylic acids is 1. The van der Waals surface area contributed by atoms with E-state index in [1.165, 1.54) is 11.3 Å². The number of rotatable bonds is 3. The molecule has 0 radical (unpaired) electrons. The Hall–Kier alpha value is -2.24. The summed E-state index contributed by atoms with van der Waals surface area (Å²) in [6, 6.07) is 14.8. The summed E-state index contributed by atoms with van der Waals surface area (Å²) in [7, 11) is 0. The SMILES string of the molecule is O=C(N/N=C/c1ccc(Cl)cc1)c1nc2ccccc2s1. The van der Waals surface area contributed by atoms with Crippen LogP contribution in [0.4, 0.5) is 0 Å². The van der Waals surface area contributed by atoms with Crippen LogP contribution < -0.4 is 5.43 Å². The smallest absolute Gasteiger partial charge is 0.265 e. The average Bonchev–Trinajstić information content (AvgIpc) is 2.93. The molecule has 1 heterocycles. The second kappa shape index (κ2) is 6.03. The molecule has 1 N–H and O–H groups in total. The quantitative estimate of drug-likeness (QED) is 0.591. The van der Waals surface area contributed by atoms with Gasteiger partial charge < -0.3 is 0 Å². The van der Waals surface area contributed by atoms with Crippen LogP contribution in [0.1, 0.15) is 15.4 Å². The second-order valence-electron chi connectivity index (χ2n) is 4.24. The van der Waals surface area contributed by atoms with Gasteiger partial charge in [-0.2, -0.15) is 5.10 Å². The van der Waals surface area contributed by atoms with Crippen molar-refractivity contribution in [3.05, 3.63) is 64.1 Å². The molecule has 0 saturated heterocycles. The number of benzene rings is 2. The average molecular weight is 316 g/mol. The van der Waals surface area contributed by atoms with Crippen LogP contribution >= 0.6 is 22.9 Å². The molecule has 0 aliphatic carbocycles. The van der Waals surface area contributed by atoms with Gasteiger partial charge >= 0.3 is 0 Å². The van der Waals surface area contributed by atoms with Crippen molar-refractivity contribution in [2.75, 3.05) is 0 Å². The lowest BCUT2D eigenvalue weighted by atomic mass is 10.2. The molecule has 0 spiro atoms. The normalized spacial score (nSPS) is 11.1. The lowest BCUT2D eigenvalue weighted by Gasteiger charge is -1.95. The number of carbonyl (C=O) groups is 1. The fourth-order valence-electron chi connectivity index (χ4n) is 1.73. The fourth-order valence-corrected chi connectivity index (χ4v) is 2.71. The molecule has 1 aromatic heterocycles. The molecule has 0 aliphatic rings. The van der Waals surface area contributed by atoms with Crippen molar-refractivity contribution in [3.8, 4) is 0 Å². The number of amides is 1. The van der Waals surface area contributed by atoms with Gasteiger partial charge in [0.05, 0.1) is 16.4 Å². The molecule has 4 nitrogen and oxygen atoms in total. The van der Waals surface area contributed by atoms with Crippen LogP contribution in [0.25, 0.3) is 10.2 Å². The summed E-state index contributed by atoms with van der Waals surface area (Å²) < 4.78 is 0.976. The van der Waals surface area contributed by atoms with Gasteiger partial charge in [0.1, 0.15) is 0 Å². The highest BCUT2D eigenvalue weighted by molar-refractivity contribution is 7.20. The first-order chi connectivity index (χ1) is 10.2. The van der Waals surface area contributed by atoms with E-state index < -0.39 is 0 Å². The van der Waals surface area contributed by atoms with Gasteiger partial charge in [0.2, 0.25) is 0 Å². The molecular weight excluding hydrogens is 306 g/mol. The summed E-state index contributed by atoms with van der Waals surface area (Å²) in [6.45, 7) is 0. The van der Waals surface area contributed by atoms with E-state index >= 15 is 0 Å². The van der Waals surface area contributed by atoms with E-state index in [2.05, 4.69) is 15.5 Å². The van der Waals surface area contributed by atoms with Crippen LogP contribution in [0.5, 0.6) is 0 Å². The minimum absolute atomic E-state index is 0.318. The topological polar surface area (TPSA) is 54.4 Å². The minimum Gasteiger partial charge on any atom is -0.265 e. The zero-order valence-electron chi connectivity index (χ0n) is 10.8. The number of nitrogens with one attached hydrogen (secondary N) is 1. The van der Waals surface area contributed by atoms with Crippen molar-refractivity contribution in [1.82, 2.24) is 10.4 Å². The lowest BCUT2D eigenvalue weighted by Crippen LogP contribution is -2.17. The van der Waals surface area contributed by atoms with E-state index in [9.17, 15) is 4.79 Å². The van der Waals surface area contributed by atoms with Crippen molar-refractivity contribution in [2.24, 2.45) is 5.10 Å². The van der Waals surface area contributed by atoms with E-state index in [0.29, 0.717) is 10.0 Å². The maximum Gasteiger partial charge on any atom is 0.300 e. The number of halogens is 1. The molecule has 104 valence electrons. The molecule has 1 amide bonds. The van der Waals surface area contributed by atoms with Crippen LogP contribution in [0.3, 0.4) is 0 Å². The van der Waals surface area contributed by atoms with Crippen molar-refractivity contribution in [3.63, 3.8) is 0 Å². The van der Waals surface area contributed by atoms with Gasteiger partial charge in [0.15, 0.2) is 5.01 Å². The highest BCUT2D eigenvalue weighted by atomic mass is 35.5. The molecule has 0 fully saturated rings. The van der Waals surface area contributed by atoms with Crippen LogP contribution in [0.15, 0.2) is 53.6 Å². The van der Waals surface area contributed by atoms with Crippen LogP contribution in [-0.4, -0.2) is 17.1 Å². The molecule has 0 atom stereocenters. The molecule has 3 rings (SSSR count). The Balaban J connectivity index is 1.70. The van der Waals surface area contributed by atoms with Crippen LogP contribution in [0.2, 0.25) is 5.02 Å². The molecule has 0 saturated carbocycles. The Morgan fingerprint density at radius 1 is 1.19 bits per heavy atom. The standard InChI is InChI=1S/C15H10ClN3OS/c16-11-7-5-10(6-8-11)9-17-19-14(20)15-18-12-3-1-2-4-13(12)21-15/h1-9H,(H,19,20)/b17-9+. The zero-order chi connectivity index (χ0) is 14.7. The predicted molar refractivity (Wildman–Crippen MR) is 86.1 cm³/mol. The maximum absolute atomic E-state index is 12.0. The van der Waals surface area contributed by atoms with Crippen molar-refractivity contribution in [2.45, 2.75) is 0 Å².